The van der Waals surface area contributed by atoms with Gasteiger partial charge in [-0.05, 0) is 17.7 Å². The third kappa shape index (κ3) is 4.34. The Morgan fingerprint density at radius 1 is 1.04 bits per heavy atom. The highest BCUT2D eigenvalue weighted by molar-refractivity contribution is 6.30. The van der Waals surface area contributed by atoms with Gasteiger partial charge < -0.3 is 0 Å². The van der Waals surface area contributed by atoms with Gasteiger partial charge in [0.25, 0.3) is 17.3 Å². The van der Waals surface area contributed by atoms with Crippen LogP contribution in [0, 0.1) is 20.2 Å². The van der Waals surface area contributed by atoms with Crippen molar-refractivity contribution >= 4 is 35.1 Å². The predicted molar refractivity (Wildman–Crippen MR) is 86.3 cm³/mol. The highest BCUT2D eigenvalue weighted by Gasteiger charge is 2.19. The number of amides is 1. The summed E-state index contributed by atoms with van der Waals surface area (Å²) in [7, 11) is 0. The van der Waals surface area contributed by atoms with E-state index in [2.05, 4.69) is 10.5 Å². The number of halogens is 1. The molecule has 0 fully saturated rings. The number of hydrogen-bond acceptors (Lipinski definition) is 6. The molecule has 10 heteroatoms. The average molecular weight is 349 g/mol. The van der Waals surface area contributed by atoms with Gasteiger partial charge in [-0.2, -0.15) is 5.10 Å². The van der Waals surface area contributed by atoms with Crippen LogP contribution in [-0.2, 0) is 0 Å². The molecule has 1 amide bonds. The molecule has 0 aliphatic carbocycles. The van der Waals surface area contributed by atoms with Gasteiger partial charge in [-0.25, -0.2) is 5.43 Å². The van der Waals surface area contributed by atoms with Gasteiger partial charge in [0.15, 0.2) is 0 Å². The lowest BCUT2D eigenvalue weighted by molar-refractivity contribution is -0.394. The van der Waals surface area contributed by atoms with Crippen molar-refractivity contribution in [1.82, 2.24) is 5.43 Å². The van der Waals surface area contributed by atoms with Gasteiger partial charge in [0.1, 0.15) is 0 Å². The molecule has 0 spiro atoms. The number of nitro benzene ring substituents is 2. The number of non-ortho nitro benzene ring substituents is 2. The summed E-state index contributed by atoms with van der Waals surface area (Å²) in [6, 6.07) is 9.23. The molecule has 0 aliphatic rings. The predicted octanol–water partition coefficient (Wildman–Crippen LogP) is 2.92. The van der Waals surface area contributed by atoms with Crippen molar-refractivity contribution in [2.45, 2.75) is 0 Å². The number of hydrogen-bond donors (Lipinski definition) is 1. The molecule has 0 saturated heterocycles. The molecule has 2 rings (SSSR count). The minimum atomic E-state index is -0.819. The fraction of sp³-hybridized carbons (Fsp3) is 0. The van der Waals surface area contributed by atoms with E-state index in [1.807, 2.05) is 0 Å². The summed E-state index contributed by atoms with van der Waals surface area (Å²) in [5.41, 5.74) is 1.44. The first-order valence-corrected chi connectivity index (χ1v) is 6.77. The van der Waals surface area contributed by atoms with Crippen LogP contribution < -0.4 is 5.43 Å². The van der Waals surface area contributed by atoms with Crippen LogP contribution in [0.4, 0.5) is 11.4 Å². The molecule has 0 radical (unpaired) electrons. The standard InChI is InChI=1S/C14H9ClN4O5/c15-11-3-1-9(2-4-11)8-16-17-14(20)10-5-12(18(21)22)7-13(6-10)19(23)24/h1-8H,(H,17,20). The molecular weight excluding hydrogens is 340 g/mol. The van der Waals surface area contributed by atoms with Gasteiger partial charge in [-0.1, -0.05) is 23.7 Å². The minimum absolute atomic E-state index is 0.246. The number of rotatable bonds is 5. The van der Waals surface area contributed by atoms with Crippen LogP contribution >= 0.6 is 11.6 Å². The zero-order valence-corrected chi connectivity index (χ0v) is 12.6. The van der Waals surface area contributed by atoms with Gasteiger partial charge in [0, 0.05) is 17.2 Å². The van der Waals surface area contributed by atoms with Crippen LogP contribution in [-0.4, -0.2) is 22.0 Å². The van der Waals surface area contributed by atoms with Crippen LogP contribution in [0.2, 0.25) is 5.02 Å². The number of carbonyl (C=O) groups excluding carboxylic acids is 1. The van der Waals surface area contributed by atoms with Gasteiger partial charge in [0.05, 0.1) is 27.7 Å². The molecule has 0 saturated carbocycles. The lowest BCUT2D eigenvalue weighted by Crippen LogP contribution is -2.18. The van der Waals surface area contributed by atoms with E-state index < -0.39 is 27.1 Å². The van der Waals surface area contributed by atoms with Crippen molar-refractivity contribution < 1.29 is 14.6 Å². The Hall–Kier alpha value is -3.33. The lowest BCUT2D eigenvalue weighted by atomic mass is 10.1. The highest BCUT2D eigenvalue weighted by Crippen LogP contribution is 2.22. The average Bonchev–Trinajstić information content (AvgIpc) is 2.56. The molecule has 1 N–H and O–H groups in total. The molecule has 0 aliphatic heterocycles. The van der Waals surface area contributed by atoms with E-state index in [0.717, 1.165) is 18.2 Å². The van der Waals surface area contributed by atoms with Gasteiger partial charge in [-0.3, -0.25) is 25.0 Å². The molecule has 0 heterocycles. The summed E-state index contributed by atoms with van der Waals surface area (Å²) in [4.78, 5) is 31.9. The summed E-state index contributed by atoms with van der Waals surface area (Å²) in [5, 5.41) is 25.8. The Balaban J connectivity index is 2.18. The van der Waals surface area contributed by atoms with E-state index in [-0.39, 0.29) is 5.56 Å². The number of carbonyl (C=O) groups is 1. The molecule has 2 aromatic carbocycles. The number of nitrogens with zero attached hydrogens (tertiary/aromatic N) is 3. The summed E-state index contributed by atoms with van der Waals surface area (Å²) in [6.45, 7) is 0. The van der Waals surface area contributed by atoms with Gasteiger partial charge in [0.2, 0.25) is 0 Å². The molecule has 0 atom stereocenters. The Bertz CT molecular complexity index is 803. The largest absolute Gasteiger partial charge is 0.277 e. The molecule has 2 aromatic rings. The van der Waals surface area contributed by atoms with E-state index in [1.165, 1.54) is 6.21 Å². The Labute approximate surface area is 139 Å². The number of nitrogens with one attached hydrogen (secondary N) is 1. The van der Waals surface area contributed by atoms with Crippen LogP contribution in [0.25, 0.3) is 0 Å². The SMILES string of the molecule is O=C(NN=Cc1ccc(Cl)cc1)c1cc([N+](=O)[O-])cc([N+](=O)[O-])c1. The van der Waals surface area contributed by atoms with E-state index in [0.29, 0.717) is 10.6 Å². The lowest BCUT2D eigenvalue weighted by Gasteiger charge is -2.01. The van der Waals surface area contributed by atoms with Crippen LogP contribution in [0.5, 0.6) is 0 Å². The minimum Gasteiger partial charge on any atom is -0.267 e. The maximum atomic E-state index is 11.9. The van der Waals surface area contributed by atoms with E-state index >= 15 is 0 Å². The summed E-state index contributed by atoms with van der Waals surface area (Å²) >= 11 is 5.73. The molecule has 122 valence electrons. The van der Waals surface area contributed by atoms with Crippen molar-refractivity contribution in [3.8, 4) is 0 Å². The van der Waals surface area contributed by atoms with E-state index in [1.54, 1.807) is 24.3 Å². The second-order valence-corrected chi connectivity index (χ2v) is 4.94. The summed E-state index contributed by atoms with van der Waals surface area (Å²) in [5.74, 6) is -0.813. The van der Waals surface area contributed by atoms with Crippen molar-refractivity contribution in [3.05, 3.63) is 78.8 Å². The van der Waals surface area contributed by atoms with E-state index in [4.69, 9.17) is 11.6 Å². The molecule has 0 bridgehead atoms. The molecule has 24 heavy (non-hydrogen) atoms. The fourth-order valence-electron chi connectivity index (χ4n) is 1.72. The topological polar surface area (TPSA) is 128 Å². The zero-order chi connectivity index (χ0) is 17.7. The second kappa shape index (κ2) is 7.29. The van der Waals surface area contributed by atoms with Crippen molar-refractivity contribution in [1.29, 1.82) is 0 Å². The van der Waals surface area contributed by atoms with Crippen LogP contribution in [0.1, 0.15) is 15.9 Å². The Morgan fingerprint density at radius 2 is 1.58 bits per heavy atom. The maximum absolute atomic E-state index is 11.9. The van der Waals surface area contributed by atoms with Crippen molar-refractivity contribution in [2.24, 2.45) is 5.10 Å². The maximum Gasteiger partial charge on any atom is 0.277 e. The van der Waals surface area contributed by atoms with Crippen molar-refractivity contribution in [3.63, 3.8) is 0 Å². The quantitative estimate of drug-likeness (QED) is 0.504. The fourth-order valence-corrected chi connectivity index (χ4v) is 1.84. The monoisotopic (exact) mass is 348 g/mol. The number of hydrazone groups is 1. The molecule has 0 unspecified atom stereocenters. The Kier molecular flexibility index (Phi) is 5.17. The second-order valence-electron chi connectivity index (χ2n) is 4.50. The molecule has 9 nitrogen and oxygen atoms in total. The van der Waals surface area contributed by atoms with Crippen LogP contribution in [0.15, 0.2) is 47.6 Å². The number of nitro groups is 2. The van der Waals surface area contributed by atoms with E-state index in [9.17, 15) is 25.0 Å². The van der Waals surface area contributed by atoms with Gasteiger partial charge in [-0.15, -0.1) is 0 Å². The first-order chi connectivity index (χ1) is 11.4. The Morgan fingerprint density at radius 3 is 2.08 bits per heavy atom. The van der Waals surface area contributed by atoms with Gasteiger partial charge >= 0.3 is 0 Å². The third-order valence-electron chi connectivity index (χ3n) is 2.84. The smallest absolute Gasteiger partial charge is 0.267 e. The first kappa shape index (κ1) is 17.0. The zero-order valence-electron chi connectivity index (χ0n) is 11.9. The molecular formula is C14H9ClN4O5. The van der Waals surface area contributed by atoms with Crippen molar-refractivity contribution in [2.75, 3.05) is 0 Å². The third-order valence-corrected chi connectivity index (χ3v) is 3.09. The summed E-state index contributed by atoms with van der Waals surface area (Å²) in [6.07, 6.45) is 1.33. The normalized spacial score (nSPS) is 10.5. The summed E-state index contributed by atoms with van der Waals surface area (Å²) < 4.78 is 0. The molecule has 0 aromatic heterocycles. The highest BCUT2D eigenvalue weighted by atomic mass is 35.5. The first-order valence-electron chi connectivity index (χ1n) is 6.39. The van der Waals surface area contributed by atoms with Crippen LogP contribution in [0.3, 0.4) is 0 Å². The number of benzene rings is 2.